The number of para-hydroxylation sites is 1. The van der Waals surface area contributed by atoms with Crippen molar-refractivity contribution in [1.29, 1.82) is 0 Å². The largest absolute Gasteiger partial charge is 0.493 e. The minimum atomic E-state index is 0.149. The van der Waals surface area contributed by atoms with Crippen LogP contribution in [-0.2, 0) is 4.79 Å². The molecule has 0 spiro atoms. The van der Waals surface area contributed by atoms with Crippen molar-refractivity contribution >= 4 is 21.8 Å². The maximum Gasteiger partial charge on any atom is 0.220 e. The van der Waals surface area contributed by atoms with E-state index < -0.39 is 0 Å². The van der Waals surface area contributed by atoms with Gasteiger partial charge in [-0.25, -0.2) is 0 Å². The van der Waals surface area contributed by atoms with Gasteiger partial charge in [-0.2, -0.15) is 0 Å². The van der Waals surface area contributed by atoms with Crippen molar-refractivity contribution in [3.8, 4) is 5.75 Å². The molecule has 3 atom stereocenters. The highest BCUT2D eigenvalue weighted by Crippen LogP contribution is 2.44. The third-order valence-corrected chi connectivity index (χ3v) is 5.68. The normalized spacial score (nSPS) is 24.6. The molecule has 1 amide bonds. The number of amides is 1. The van der Waals surface area contributed by atoms with Crippen LogP contribution in [0.3, 0.4) is 0 Å². The molecule has 2 aliphatic rings. The highest BCUT2D eigenvalue weighted by atomic mass is 79.9. The first kappa shape index (κ1) is 15.7. The van der Waals surface area contributed by atoms with Crippen LogP contribution >= 0.6 is 15.9 Å². The summed E-state index contributed by atoms with van der Waals surface area (Å²) in [7, 11) is 0. The molecule has 2 aromatic rings. The van der Waals surface area contributed by atoms with Gasteiger partial charge in [-0.15, -0.1) is 0 Å². The first-order valence-corrected chi connectivity index (χ1v) is 9.27. The van der Waals surface area contributed by atoms with Crippen molar-refractivity contribution < 1.29 is 9.53 Å². The molecule has 0 bridgehead atoms. The van der Waals surface area contributed by atoms with Gasteiger partial charge in [0, 0.05) is 22.9 Å². The zero-order valence-electron chi connectivity index (χ0n) is 13.4. The Bertz CT molecular complexity index is 761. The van der Waals surface area contributed by atoms with Crippen LogP contribution in [0.15, 0.2) is 53.0 Å². The van der Waals surface area contributed by atoms with Crippen molar-refractivity contribution in [2.45, 2.75) is 37.1 Å². The molecule has 1 heterocycles. The summed E-state index contributed by atoms with van der Waals surface area (Å²) in [4.78, 5) is 12.5. The minimum absolute atomic E-state index is 0.149. The fourth-order valence-corrected chi connectivity index (χ4v) is 4.17. The molecule has 1 saturated carbocycles. The second kappa shape index (κ2) is 6.60. The predicted molar refractivity (Wildman–Crippen MR) is 97.3 cm³/mol. The number of carbonyl (C=O) groups is 1. The first-order valence-electron chi connectivity index (χ1n) is 8.48. The van der Waals surface area contributed by atoms with Gasteiger partial charge in [-0.3, -0.25) is 4.79 Å². The Hall–Kier alpha value is -1.81. The maximum atomic E-state index is 12.5. The van der Waals surface area contributed by atoms with Crippen LogP contribution in [0.25, 0.3) is 0 Å². The molecular weight excluding hydrogens is 366 g/mol. The zero-order chi connectivity index (χ0) is 16.5. The average molecular weight is 386 g/mol. The summed E-state index contributed by atoms with van der Waals surface area (Å²) in [6, 6.07) is 16.6. The molecular formula is C20H20BrNO2. The molecule has 0 aromatic heterocycles. The Balaban J connectivity index is 1.37. The molecule has 1 unspecified atom stereocenters. The van der Waals surface area contributed by atoms with Gasteiger partial charge in [0.05, 0.1) is 6.61 Å². The Morgan fingerprint density at radius 1 is 1.12 bits per heavy atom. The lowest BCUT2D eigenvalue weighted by atomic mass is 9.90. The van der Waals surface area contributed by atoms with E-state index in [4.69, 9.17) is 4.74 Å². The minimum Gasteiger partial charge on any atom is -0.493 e. The lowest BCUT2D eigenvalue weighted by molar-refractivity contribution is -0.121. The second-order valence-corrected chi connectivity index (χ2v) is 7.47. The summed E-state index contributed by atoms with van der Waals surface area (Å²) in [5.41, 5.74) is 2.45. The monoisotopic (exact) mass is 385 g/mol. The van der Waals surface area contributed by atoms with Gasteiger partial charge in [0.2, 0.25) is 5.91 Å². The molecule has 124 valence electrons. The van der Waals surface area contributed by atoms with Gasteiger partial charge in [0.15, 0.2) is 0 Å². The molecule has 4 heteroatoms. The molecule has 0 saturated heterocycles. The van der Waals surface area contributed by atoms with Crippen LogP contribution in [-0.4, -0.2) is 18.6 Å². The number of nitrogens with one attached hydrogen (secondary N) is 1. The average Bonchev–Trinajstić information content (AvgIpc) is 3.34. The van der Waals surface area contributed by atoms with Crippen LogP contribution in [0.5, 0.6) is 5.75 Å². The third kappa shape index (κ3) is 3.20. The number of hydrogen-bond acceptors (Lipinski definition) is 2. The standard InChI is InChI=1S/C20H20BrNO2/c21-17-7-3-1-6-15(17)16-12-18(16)22-20(23)11-13-9-10-24-19-8-4-2-5-14(13)19/h1-8,13,16,18H,9-12H2,(H,22,23)/t13?,16-,18+/m0/s1. The van der Waals surface area contributed by atoms with E-state index in [9.17, 15) is 4.79 Å². The summed E-state index contributed by atoms with van der Waals surface area (Å²) in [6.07, 6.45) is 2.47. The van der Waals surface area contributed by atoms with E-state index in [0.717, 1.165) is 28.6 Å². The Morgan fingerprint density at radius 2 is 1.88 bits per heavy atom. The van der Waals surface area contributed by atoms with Crippen LogP contribution in [0, 0.1) is 0 Å². The van der Waals surface area contributed by atoms with Crippen molar-refractivity contribution in [3.63, 3.8) is 0 Å². The number of ether oxygens (including phenoxy) is 1. The summed E-state index contributed by atoms with van der Waals surface area (Å²) >= 11 is 3.60. The van der Waals surface area contributed by atoms with Crippen molar-refractivity contribution in [2.75, 3.05) is 6.61 Å². The summed E-state index contributed by atoms with van der Waals surface area (Å²) < 4.78 is 6.81. The molecule has 0 radical (unpaired) electrons. The van der Waals surface area contributed by atoms with E-state index in [0.29, 0.717) is 18.9 Å². The molecule has 1 fully saturated rings. The van der Waals surface area contributed by atoms with E-state index in [1.807, 2.05) is 24.3 Å². The number of carbonyl (C=O) groups excluding carboxylic acids is 1. The predicted octanol–water partition coefficient (Wildman–Crippen LogP) is 4.38. The van der Waals surface area contributed by atoms with Crippen LogP contribution in [0.4, 0.5) is 0 Å². The van der Waals surface area contributed by atoms with Gasteiger partial charge in [0.1, 0.15) is 5.75 Å². The lowest BCUT2D eigenvalue weighted by Gasteiger charge is -2.25. The summed E-state index contributed by atoms with van der Waals surface area (Å²) in [5.74, 6) is 1.78. The van der Waals surface area contributed by atoms with Crippen LogP contribution in [0.2, 0.25) is 0 Å². The fraction of sp³-hybridized carbons (Fsp3) is 0.350. The number of fused-ring (bicyclic) bond motifs is 1. The third-order valence-electron chi connectivity index (χ3n) is 4.96. The quantitative estimate of drug-likeness (QED) is 0.847. The smallest absolute Gasteiger partial charge is 0.220 e. The van der Waals surface area contributed by atoms with Gasteiger partial charge < -0.3 is 10.1 Å². The van der Waals surface area contributed by atoms with E-state index >= 15 is 0 Å². The van der Waals surface area contributed by atoms with Gasteiger partial charge >= 0.3 is 0 Å². The van der Waals surface area contributed by atoms with Crippen LogP contribution < -0.4 is 10.1 Å². The van der Waals surface area contributed by atoms with Crippen molar-refractivity contribution in [3.05, 3.63) is 64.1 Å². The fourth-order valence-electron chi connectivity index (χ4n) is 3.59. The summed E-state index contributed by atoms with van der Waals surface area (Å²) in [6.45, 7) is 0.692. The van der Waals surface area contributed by atoms with Gasteiger partial charge in [-0.1, -0.05) is 52.3 Å². The van der Waals surface area contributed by atoms with Crippen molar-refractivity contribution in [1.82, 2.24) is 5.32 Å². The van der Waals surface area contributed by atoms with Crippen molar-refractivity contribution in [2.24, 2.45) is 0 Å². The lowest BCUT2D eigenvalue weighted by Crippen LogP contribution is -2.29. The first-order chi connectivity index (χ1) is 11.7. The van der Waals surface area contributed by atoms with E-state index in [1.165, 1.54) is 5.56 Å². The van der Waals surface area contributed by atoms with E-state index in [2.05, 4.69) is 45.5 Å². The number of halogens is 1. The molecule has 24 heavy (non-hydrogen) atoms. The molecule has 3 nitrogen and oxygen atoms in total. The highest BCUT2D eigenvalue weighted by Gasteiger charge is 2.40. The number of benzene rings is 2. The topological polar surface area (TPSA) is 38.3 Å². The maximum absolute atomic E-state index is 12.5. The number of hydrogen-bond donors (Lipinski definition) is 1. The van der Waals surface area contributed by atoms with E-state index in [1.54, 1.807) is 0 Å². The van der Waals surface area contributed by atoms with Gasteiger partial charge in [-0.05, 0) is 42.0 Å². The molecule has 1 aliphatic carbocycles. The molecule has 4 rings (SSSR count). The molecule has 2 aromatic carbocycles. The van der Waals surface area contributed by atoms with Gasteiger partial charge in [0.25, 0.3) is 0 Å². The Morgan fingerprint density at radius 3 is 2.71 bits per heavy atom. The highest BCUT2D eigenvalue weighted by molar-refractivity contribution is 9.10. The second-order valence-electron chi connectivity index (χ2n) is 6.61. The summed E-state index contributed by atoms with van der Waals surface area (Å²) in [5, 5.41) is 3.21. The molecule has 1 N–H and O–H groups in total. The Kier molecular flexibility index (Phi) is 4.31. The molecule has 1 aliphatic heterocycles. The zero-order valence-corrected chi connectivity index (χ0v) is 15.0. The van der Waals surface area contributed by atoms with E-state index in [-0.39, 0.29) is 17.9 Å². The SMILES string of the molecule is O=C(CC1CCOc2ccccc21)N[C@@H]1C[C@H]1c1ccccc1Br. The number of rotatable bonds is 4. The van der Waals surface area contributed by atoms with Crippen LogP contribution in [0.1, 0.15) is 42.2 Å². The Labute approximate surface area is 150 Å².